The van der Waals surface area contributed by atoms with Crippen molar-refractivity contribution in [2.75, 3.05) is 6.54 Å². The zero-order valence-electron chi connectivity index (χ0n) is 4.99. The first-order chi connectivity index (χ1) is 1.41. The number of hydrogen-bond acceptors (Lipinski definition) is 1. The van der Waals surface area contributed by atoms with Crippen molar-refractivity contribution >= 4 is 37.7 Å². The van der Waals surface area contributed by atoms with Gasteiger partial charge in [-0.3, -0.25) is 0 Å². The molecule has 0 bridgehead atoms. The predicted molar refractivity (Wildman–Crippen MR) is 22.7 cm³/mol. The molecule has 2 heteroatoms. The summed E-state index contributed by atoms with van der Waals surface area (Å²) >= 11 is 0. The second kappa shape index (κ2) is 8.88. The van der Waals surface area contributed by atoms with Crippen molar-refractivity contribution in [2.24, 2.45) is 5.73 Å². The van der Waals surface area contributed by atoms with E-state index in [0.717, 1.165) is 6.54 Å². The molecule has 0 spiro atoms. The van der Waals surface area contributed by atoms with E-state index >= 15 is 0 Å². The molecule has 0 saturated heterocycles. The Labute approximate surface area is 59.5 Å². The van der Waals surface area contributed by atoms with Crippen molar-refractivity contribution in [1.82, 2.24) is 0 Å². The van der Waals surface area contributed by atoms with Gasteiger partial charge in [0, 0.05) is 0 Å². The van der Waals surface area contributed by atoms with Crippen molar-refractivity contribution < 1.29 is 2.85 Å². The molecule has 0 rings (SSSR count). The Bertz CT molecular complexity index is 11.5. The Kier molecular flexibility index (Phi) is 19.9. The van der Waals surface area contributed by atoms with Crippen LogP contribution in [0.25, 0.3) is 0 Å². The van der Waals surface area contributed by atoms with Gasteiger partial charge in [-0.2, -0.15) is 0 Å². The molecular weight excluding hydrogens is 78.1 g/mol. The van der Waals surface area contributed by atoms with E-state index in [0.29, 0.717) is 0 Å². The maximum atomic E-state index is 4.85. The van der Waals surface area contributed by atoms with Gasteiger partial charge in [-0.05, 0) is 6.54 Å². The fraction of sp³-hybridized carbons (Fsp3) is 1.00. The van der Waals surface area contributed by atoms with Crippen LogP contribution in [0.5, 0.6) is 0 Å². The average molecular weight is 87.2 g/mol. The summed E-state index contributed by atoms with van der Waals surface area (Å²) in [7, 11) is 0. The summed E-state index contributed by atoms with van der Waals surface area (Å²) in [5.41, 5.74) is 4.85. The summed E-state index contributed by atoms with van der Waals surface area (Å²) in [5.74, 6) is 0. The van der Waals surface area contributed by atoms with Gasteiger partial charge in [0.05, 0.1) is 0 Å². The summed E-state index contributed by atoms with van der Waals surface area (Å²) in [6.07, 6.45) is 0. The largest absolute Gasteiger partial charge is 2.00 e. The van der Waals surface area contributed by atoms with Gasteiger partial charge in [0.15, 0.2) is 0 Å². The molecule has 0 aromatic heterocycles. The van der Waals surface area contributed by atoms with E-state index in [4.69, 9.17) is 5.73 Å². The minimum Gasteiger partial charge on any atom is -1.00 e. The van der Waals surface area contributed by atoms with Gasteiger partial charge in [-0.25, -0.2) is 0 Å². The van der Waals surface area contributed by atoms with E-state index in [9.17, 15) is 0 Å². The molecule has 0 saturated carbocycles. The third-order valence-corrected chi connectivity index (χ3v) is 0. The Hall–Kier alpha value is 1.22. The van der Waals surface area contributed by atoms with Crippen LogP contribution in [-0.2, 0) is 0 Å². The van der Waals surface area contributed by atoms with Crippen LogP contribution in [0.1, 0.15) is 9.78 Å². The van der Waals surface area contributed by atoms with Crippen molar-refractivity contribution in [3.8, 4) is 0 Å². The summed E-state index contributed by atoms with van der Waals surface area (Å²) in [5, 5.41) is 0. The Morgan fingerprint density at radius 3 is 2.00 bits per heavy atom. The summed E-state index contributed by atoms with van der Waals surface area (Å²) in [4.78, 5) is 0. The van der Waals surface area contributed by atoms with Crippen molar-refractivity contribution in [2.45, 2.75) is 6.92 Å². The van der Waals surface area contributed by atoms with Gasteiger partial charge in [0.2, 0.25) is 0 Å². The van der Waals surface area contributed by atoms with Gasteiger partial charge < -0.3 is 8.59 Å². The monoisotopic (exact) mass is 87.0 g/mol. The van der Waals surface area contributed by atoms with Gasteiger partial charge >= 0.3 is 37.7 Å². The van der Waals surface area contributed by atoms with Crippen LogP contribution in [0.3, 0.4) is 0 Å². The third-order valence-electron chi connectivity index (χ3n) is 0. The average Bonchev–Trinajstić information content (AvgIpc) is 0.918. The van der Waals surface area contributed by atoms with Crippen LogP contribution in [0.4, 0.5) is 0 Å². The van der Waals surface area contributed by atoms with Crippen LogP contribution >= 0.6 is 0 Å². The maximum Gasteiger partial charge on any atom is 2.00 e. The van der Waals surface area contributed by atoms with E-state index in [1.54, 1.807) is 0 Å². The van der Waals surface area contributed by atoms with E-state index in [2.05, 4.69) is 0 Å². The molecule has 0 aliphatic carbocycles. The fourth-order valence-corrected chi connectivity index (χ4v) is 0. The van der Waals surface area contributed by atoms with E-state index < -0.39 is 0 Å². The zero-order valence-corrected chi connectivity index (χ0v) is 5.20. The molecule has 24 valence electrons. The molecule has 0 radical (unpaired) electrons. The summed E-state index contributed by atoms with van der Waals surface area (Å²) < 4.78 is 0. The van der Waals surface area contributed by atoms with Crippen LogP contribution in [0, 0.1) is 0 Å². The Balaban J connectivity index is -0.00000000667. The van der Waals surface area contributed by atoms with Gasteiger partial charge in [-0.1, -0.05) is 6.92 Å². The summed E-state index contributed by atoms with van der Waals surface area (Å²) in [6, 6.07) is 0. The van der Waals surface area contributed by atoms with Crippen molar-refractivity contribution in [1.29, 1.82) is 0 Å². The van der Waals surface area contributed by atoms with Crippen LogP contribution < -0.4 is 5.73 Å². The van der Waals surface area contributed by atoms with Gasteiger partial charge in [0.25, 0.3) is 0 Å². The smallest absolute Gasteiger partial charge is 1.00 e. The fourth-order valence-electron chi connectivity index (χ4n) is 0. The molecule has 1 nitrogen and oxygen atoms in total. The normalized spacial score (nSPS) is 4.50. The SMILES string of the molecule is CCN.[Ca+2].[H-].[H-]. The molecule has 0 amide bonds. The molecule has 0 fully saturated rings. The van der Waals surface area contributed by atoms with Crippen LogP contribution in [0.2, 0.25) is 0 Å². The first-order valence-electron chi connectivity index (χ1n) is 1.12. The molecule has 0 aromatic carbocycles. The molecule has 0 aliphatic rings. The standard InChI is InChI=1S/C2H7N.Ca.2H/c1-2-3;;;/h2-3H2,1H3;;;/q;+2;2*-1. The molecule has 4 heavy (non-hydrogen) atoms. The number of nitrogens with two attached hydrogens (primary N) is 1. The van der Waals surface area contributed by atoms with Crippen LogP contribution in [-0.4, -0.2) is 44.3 Å². The van der Waals surface area contributed by atoms with Crippen molar-refractivity contribution in [3.05, 3.63) is 0 Å². The zero-order chi connectivity index (χ0) is 2.71. The second-order valence-electron chi connectivity index (χ2n) is 0.408. The van der Waals surface area contributed by atoms with Crippen LogP contribution in [0.15, 0.2) is 0 Å². The molecule has 0 atom stereocenters. The number of rotatable bonds is 0. The minimum absolute atomic E-state index is 0. The predicted octanol–water partition coefficient (Wildman–Crippen LogP) is -0.191. The first-order valence-corrected chi connectivity index (χ1v) is 1.12. The van der Waals surface area contributed by atoms with Gasteiger partial charge in [0.1, 0.15) is 0 Å². The first kappa shape index (κ1) is 8.97. The quantitative estimate of drug-likeness (QED) is 0.407. The molecule has 0 aromatic rings. The van der Waals surface area contributed by atoms with E-state index in [1.165, 1.54) is 0 Å². The minimum atomic E-state index is 0. The van der Waals surface area contributed by atoms with Gasteiger partial charge in [-0.15, -0.1) is 0 Å². The van der Waals surface area contributed by atoms with Crippen molar-refractivity contribution in [3.63, 3.8) is 0 Å². The second-order valence-corrected chi connectivity index (χ2v) is 0.408. The molecule has 2 N–H and O–H groups in total. The Morgan fingerprint density at radius 1 is 2.00 bits per heavy atom. The molecular formula is C2H9CaN. The topological polar surface area (TPSA) is 26.0 Å². The third kappa shape index (κ3) is 10.7. The Morgan fingerprint density at radius 2 is 2.00 bits per heavy atom. The molecule has 0 aliphatic heterocycles. The van der Waals surface area contributed by atoms with E-state index in [-0.39, 0.29) is 40.6 Å². The number of hydrogen-bond donors (Lipinski definition) is 1. The molecule has 0 unspecified atom stereocenters. The molecule has 0 heterocycles. The van der Waals surface area contributed by atoms with E-state index in [1.807, 2.05) is 6.92 Å². The summed E-state index contributed by atoms with van der Waals surface area (Å²) in [6.45, 7) is 2.65. The maximum absolute atomic E-state index is 4.85.